The van der Waals surface area contributed by atoms with E-state index in [1.54, 1.807) is 16.9 Å². The van der Waals surface area contributed by atoms with Gasteiger partial charge in [-0.1, -0.05) is 25.4 Å². The molecule has 0 amide bonds. The number of aromatic nitrogens is 3. The van der Waals surface area contributed by atoms with Crippen LogP contribution in [0.25, 0.3) is 5.82 Å². The maximum absolute atomic E-state index is 9.01. The minimum absolute atomic E-state index is 0.296. The molecule has 0 unspecified atom stereocenters. The van der Waals surface area contributed by atoms with Gasteiger partial charge in [0.2, 0.25) is 0 Å². The number of hydrogen-bond acceptors (Lipinski definition) is 4. The van der Waals surface area contributed by atoms with Crippen molar-refractivity contribution in [2.75, 3.05) is 5.73 Å². The molecule has 0 saturated carbocycles. The largest absolute Gasteiger partial charge is 0.396 e. The monoisotopic (exact) mass is 275 g/mol. The van der Waals surface area contributed by atoms with Crippen LogP contribution < -0.4 is 5.73 Å². The zero-order valence-corrected chi connectivity index (χ0v) is 11.6. The molecule has 0 bridgehead atoms. The standard InChI is InChI=1S/C13H14ClN5/c1-3-9-12(16)10(4-2)19(18-9)13-11(14)8(7-15)5-6-17-13/h5-6H,3-4,16H2,1-2H3. The van der Waals surface area contributed by atoms with E-state index < -0.39 is 0 Å². The zero-order valence-electron chi connectivity index (χ0n) is 10.8. The lowest BCUT2D eigenvalue weighted by molar-refractivity contribution is 0.772. The molecule has 2 aromatic heterocycles. The van der Waals surface area contributed by atoms with Crippen LogP contribution in [0.15, 0.2) is 12.3 Å². The molecule has 0 saturated heterocycles. The Morgan fingerprint density at radius 1 is 1.42 bits per heavy atom. The number of hydrogen-bond donors (Lipinski definition) is 1. The number of nitrogen functional groups attached to an aromatic ring is 1. The van der Waals surface area contributed by atoms with Crippen LogP contribution in [-0.2, 0) is 12.8 Å². The van der Waals surface area contributed by atoms with Gasteiger partial charge in [0.1, 0.15) is 11.1 Å². The highest BCUT2D eigenvalue weighted by Gasteiger charge is 2.18. The van der Waals surface area contributed by atoms with Crippen LogP contribution in [-0.4, -0.2) is 14.8 Å². The van der Waals surface area contributed by atoms with Crippen LogP contribution in [0.2, 0.25) is 5.02 Å². The number of anilines is 1. The molecule has 0 radical (unpaired) electrons. The molecule has 0 fully saturated rings. The molecule has 0 aliphatic carbocycles. The molecule has 0 atom stereocenters. The number of halogens is 1. The van der Waals surface area contributed by atoms with Gasteiger partial charge in [-0.05, 0) is 18.9 Å². The van der Waals surface area contributed by atoms with Gasteiger partial charge in [0.15, 0.2) is 5.82 Å². The Kier molecular flexibility index (Phi) is 3.72. The molecule has 0 spiro atoms. The van der Waals surface area contributed by atoms with Gasteiger partial charge in [0.05, 0.1) is 22.6 Å². The molecule has 2 rings (SSSR count). The summed E-state index contributed by atoms with van der Waals surface area (Å²) < 4.78 is 1.64. The average Bonchev–Trinajstić information content (AvgIpc) is 2.75. The van der Waals surface area contributed by atoms with Gasteiger partial charge in [-0.2, -0.15) is 10.4 Å². The summed E-state index contributed by atoms with van der Waals surface area (Å²) in [5, 5.41) is 13.7. The van der Waals surface area contributed by atoms with E-state index in [2.05, 4.69) is 10.1 Å². The normalized spacial score (nSPS) is 10.4. The van der Waals surface area contributed by atoms with Gasteiger partial charge in [0.25, 0.3) is 0 Å². The lowest BCUT2D eigenvalue weighted by Crippen LogP contribution is -2.06. The Bertz CT molecular complexity index is 654. The van der Waals surface area contributed by atoms with Crippen LogP contribution in [0.5, 0.6) is 0 Å². The number of pyridine rings is 1. The SMILES string of the molecule is CCc1nn(-c2nccc(C#N)c2Cl)c(CC)c1N. The Morgan fingerprint density at radius 3 is 2.74 bits per heavy atom. The van der Waals surface area contributed by atoms with Crippen LogP contribution in [0.1, 0.15) is 30.8 Å². The lowest BCUT2D eigenvalue weighted by atomic mass is 10.2. The lowest BCUT2D eigenvalue weighted by Gasteiger charge is -2.07. The Balaban J connectivity index is 2.69. The van der Waals surface area contributed by atoms with Crippen LogP contribution in [0, 0.1) is 11.3 Å². The first-order valence-electron chi connectivity index (χ1n) is 6.05. The Hall–Kier alpha value is -2.06. The van der Waals surface area contributed by atoms with Crippen LogP contribution >= 0.6 is 11.6 Å². The van der Waals surface area contributed by atoms with Crippen LogP contribution in [0.4, 0.5) is 5.69 Å². The van der Waals surface area contributed by atoms with Crippen molar-refractivity contribution in [2.45, 2.75) is 26.7 Å². The van der Waals surface area contributed by atoms with Crippen molar-refractivity contribution < 1.29 is 0 Å². The summed E-state index contributed by atoms with van der Waals surface area (Å²) in [6.07, 6.45) is 3.00. The first kappa shape index (κ1) is 13.4. The summed E-state index contributed by atoms with van der Waals surface area (Å²) in [5.41, 5.74) is 8.79. The zero-order chi connectivity index (χ0) is 14.0. The predicted octanol–water partition coefficient (Wildman–Crippen LogP) is 2.50. The molecular formula is C13H14ClN5. The molecule has 0 aromatic carbocycles. The minimum atomic E-state index is 0.296. The number of nitrogens with two attached hydrogens (primary N) is 1. The predicted molar refractivity (Wildman–Crippen MR) is 74.3 cm³/mol. The van der Waals surface area contributed by atoms with E-state index in [9.17, 15) is 0 Å². The molecule has 19 heavy (non-hydrogen) atoms. The highest BCUT2D eigenvalue weighted by molar-refractivity contribution is 6.33. The van der Waals surface area contributed by atoms with Crippen molar-refractivity contribution in [3.8, 4) is 11.9 Å². The van der Waals surface area contributed by atoms with Crippen LogP contribution in [0.3, 0.4) is 0 Å². The second kappa shape index (κ2) is 5.29. The second-order valence-electron chi connectivity index (χ2n) is 4.03. The van der Waals surface area contributed by atoms with E-state index in [-0.39, 0.29) is 0 Å². The van der Waals surface area contributed by atoms with Gasteiger partial charge in [-0.15, -0.1) is 0 Å². The molecular weight excluding hydrogens is 262 g/mol. The molecule has 5 nitrogen and oxygen atoms in total. The van der Waals surface area contributed by atoms with E-state index >= 15 is 0 Å². The third kappa shape index (κ3) is 2.15. The van der Waals surface area contributed by atoms with E-state index in [1.807, 2.05) is 19.9 Å². The third-order valence-electron chi connectivity index (χ3n) is 2.96. The van der Waals surface area contributed by atoms with Gasteiger partial charge in [0, 0.05) is 6.20 Å². The van der Waals surface area contributed by atoms with E-state index in [1.165, 1.54) is 0 Å². The second-order valence-corrected chi connectivity index (χ2v) is 4.41. The smallest absolute Gasteiger partial charge is 0.173 e. The van der Waals surface area contributed by atoms with Gasteiger partial charge in [-0.25, -0.2) is 9.67 Å². The summed E-state index contributed by atoms with van der Waals surface area (Å²) in [7, 11) is 0. The highest BCUT2D eigenvalue weighted by Crippen LogP contribution is 2.27. The molecule has 2 aromatic rings. The summed E-state index contributed by atoms with van der Waals surface area (Å²) in [5.74, 6) is 0.448. The summed E-state index contributed by atoms with van der Waals surface area (Å²) in [6.45, 7) is 3.98. The first-order chi connectivity index (χ1) is 9.13. The minimum Gasteiger partial charge on any atom is -0.396 e. The van der Waals surface area contributed by atoms with E-state index in [0.29, 0.717) is 28.5 Å². The molecule has 2 heterocycles. The molecule has 2 N–H and O–H groups in total. The highest BCUT2D eigenvalue weighted by atomic mass is 35.5. The van der Waals surface area contributed by atoms with Crippen molar-refractivity contribution in [3.05, 3.63) is 34.2 Å². The maximum Gasteiger partial charge on any atom is 0.173 e. The van der Waals surface area contributed by atoms with Gasteiger partial charge >= 0.3 is 0 Å². The summed E-state index contributed by atoms with van der Waals surface area (Å²) >= 11 is 6.19. The van der Waals surface area contributed by atoms with Crippen molar-refractivity contribution >= 4 is 17.3 Å². The Labute approximate surface area is 116 Å². The number of nitrogens with zero attached hydrogens (tertiary/aromatic N) is 4. The fourth-order valence-corrected chi connectivity index (χ4v) is 2.19. The maximum atomic E-state index is 9.01. The molecule has 98 valence electrons. The molecule has 0 aliphatic heterocycles. The van der Waals surface area contributed by atoms with Crippen molar-refractivity contribution in [1.29, 1.82) is 5.26 Å². The number of rotatable bonds is 3. The van der Waals surface area contributed by atoms with Gasteiger partial charge in [-0.3, -0.25) is 0 Å². The third-order valence-corrected chi connectivity index (χ3v) is 3.33. The Morgan fingerprint density at radius 2 is 2.16 bits per heavy atom. The van der Waals surface area contributed by atoms with Crippen molar-refractivity contribution in [1.82, 2.24) is 14.8 Å². The molecule has 6 heteroatoms. The van der Waals surface area contributed by atoms with Crippen molar-refractivity contribution in [3.63, 3.8) is 0 Å². The van der Waals surface area contributed by atoms with Crippen molar-refractivity contribution in [2.24, 2.45) is 0 Å². The number of nitriles is 1. The fraction of sp³-hybridized carbons (Fsp3) is 0.308. The summed E-state index contributed by atoms with van der Waals surface area (Å²) in [6, 6.07) is 3.61. The quantitative estimate of drug-likeness (QED) is 0.933. The average molecular weight is 276 g/mol. The molecule has 0 aliphatic rings. The topological polar surface area (TPSA) is 80.5 Å². The first-order valence-corrected chi connectivity index (χ1v) is 6.43. The number of aryl methyl sites for hydroxylation is 1. The van der Waals surface area contributed by atoms with E-state index in [4.69, 9.17) is 22.6 Å². The summed E-state index contributed by atoms with van der Waals surface area (Å²) in [4.78, 5) is 4.22. The van der Waals surface area contributed by atoms with E-state index in [0.717, 1.165) is 17.8 Å². The van der Waals surface area contributed by atoms with Gasteiger partial charge < -0.3 is 5.73 Å². The fourth-order valence-electron chi connectivity index (χ4n) is 1.96.